The van der Waals surface area contributed by atoms with Crippen LogP contribution in [0.4, 0.5) is 0 Å². The summed E-state index contributed by atoms with van der Waals surface area (Å²) in [7, 11) is 0. The summed E-state index contributed by atoms with van der Waals surface area (Å²) in [6, 6.07) is 11.5. The number of amides is 1. The number of Topliss-reactive ketones (excluding diaryl/α,β-unsaturated/α-hetero) is 1. The second kappa shape index (κ2) is 9.79. The van der Waals surface area contributed by atoms with Crippen molar-refractivity contribution < 1.29 is 14.3 Å². The molecule has 2 aliphatic rings. The number of nitrogens with one attached hydrogen (secondary N) is 1. The third kappa shape index (κ3) is 5.25. The Morgan fingerprint density at radius 1 is 1.10 bits per heavy atom. The molecule has 1 atom stereocenters. The van der Waals surface area contributed by atoms with Gasteiger partial charge >= 0.3 is 0 Å². The summed E-state index contributed by atoms with van der Waals surface area (Å²) < 4.78 is 8.01. The molecule has 31 heavy (non-hydrogen) atoms. The molecule has 6 heteroatoms. The highest BCUT2D eigenvalue weighted by Crippen LogP contribution is 2.21. The highest BCUT2D eigenvalue weighted by atomic mass is 16.5. The molecule has 4 rings (SSSR count). The van der Waals surface area contributed by atoms with E-state index in [2.05, 4.69) is 21.7 Å². The van der Waals surface area contributed by atoms with E-state index in [0.717, 1.165) is 68.9 Å². The topological polar surface area (TPSA) is 63.6 Å². The van der Waals surface area contributed by atoms with Gasteiger partial charge in [-0.3, -0.25) is 14.5 Å². The number of ether oxygens (including phenoxy) is 1. The average Bonchev–Trinajstić information content (AvgIpc) is 3.39. The van der Waals surface area contributed by atoms with E-state index in [4.69, 9.17) is 4.74 Å². The van der Waals surface area contributed by atoms with Gasteiger partial charge < -0.3 is 14.6 Å². The lowest BCUT2D eigenvalue weighted by atomic mass is 10.0. The molecule has 0 bridgehead atoms. The minimum absolute atomic E-state index is 0.0196. The van der Waals surface area contributed by atoms with E-state index in [1.165, 1.54) is 0 Å². The molecule has 0 aliphatic carbocycles. The van der Waals surface area contributed by atoms with E-state index in [0.29, 0.717) is 12.1 Å². The van der Waals surface area contributed by atoms with Crippen molar-refractivity contribution in [3.8, 4) is 0 Å². The maximum Gasteiger partial charge on any atom is 0.251 e. The smallest absolute Gasteiger partial charge is 0.251 e. The highest BCUT2D eigenvalue weighted by molar-refractivity contribution is 5.99. The number of carbonyl (C=O) groups is 2. The first-order valence-corrected chi connectivity index (χ1v) is 11.4. The molecule has 1 aromatic carbocycles. The molecule has 1 N–H and O–H groups in total. The molecule has 1 aromatic heterocycles. The van der Waals surface area contributed by atoms with Gasteiger partial charge in [-0.25, -0.2) is 0 Å². The fourth-order valence-corrected chi connectivity index (χ4v) is 4.74. The number of ketones is 1. The van der Waals surface area contributed by atoms with Crippen molar-refractivity contribution in [2.75, 3.05) is 26.2 Å². The number of hydrogen-bond donors (Lipinski definition) is 1. The predicted molar refractivity (Wildman–Crippen MR) is 121 cm³/mol. The van der Waals surface area contributed by atoms with Crippen LogP contribution in [-0.2, 0) is 11.3 Å². The SMILES string of the molecule is Cc1cc(C(=O)CN2CCC(NC(=O)c3ccccc3)CC2)c(C)n1CC1CCCO1. The number of rotatable bonds is 7. The molecular formula is C25H33N3O3. The van der Waals surface area contributed by atoms with Crippen LogP contribution in [0.25, 0.3) is 0 Å². The second-order valence-electron chi connectivity index (χ2n) is 8.84. The number of carbonyl (C=O) groups excluding carboxylic acids is 2. The van der Waals surface area contributed by atoms with Gasteiger partial charge in [0.15, 0.2) is 5.78 Å². The molecular weight excluding hydrogens is 390 g/mol. The van der Waals surface area contributed by atoms with Gasteiger partial charge in [0.25, 0.3) is 5.91 Å². The lowest BCUT2D eigenvalue weighted by molar-refractivity contribution is 0.0857. The molecule has 166 valence electrons. The fourth-order valence-electron chi connectivity index (χ4n) is 4.74. The first-order valence-electron chi connectivity index (χ1n) is 11.4. The Morgan fingerprint density at radius 2 is 1.84 bits per heavy atom. The number of likely N-dealkylation sites (tertiary alicyclic amines) is 1. The van der Waals surface area contributed by atoms with Gasteiger partial charge in [0.1, 0.15) is 0 Å². The van der Waals surface area contributed by atoms with Crippen LogP contribution in [0.1, 0.15) is 57.8 Å². The Bertz CT molecular complexity index is 908. The van der Waals surface area contributed by atoms with Crippen molar-refractivity contribution in [1.29, 1.82) is 0 Å². The number of aryl methyl sites for hydroxylation is 1. The van der Waals surface area contributed by atoms with Gasteiger partial charge in [-0.1, -0.05) is 18.2 Å². The molecule has 0 radical (unpaired) electrons. The summed E-state index contributed by atoms with van der Waals surface area (Å²) in [6.07, 6.45) is 4.21. The molecule has 1 unspecified atom stereocenters. The molecule has 2 saturated heterocycles. The molecule has 0 saturated carbocycles. The molecule has 6 nitrogen and oxygen atoms in total. The van der Waals surface area contributed by atoms with Gasteiger partial charge in [-0.05, 0) is 57.7 Å². The van der Waals surface area contributed by atoms with Gasteiger partial charge in [0, 0.05) is 54.8 Å². The molecule has 1 amide bonds. The Hall–Kier alpha value is -2.44. The highest BCUT2D eigenvalue weighted by Gasteiger charge is 2.25. The third-order valence-electron chi connectivity index (χ3n) is 6.61. The van der Waals surface area contributed by atoms with Crippen LogP contribution in [0.3, 0.4) is 0 Å². The van der Waals surface area contributed by atoms with Gasteiger partial charge in [0.05, 0.1) is 12.6 Å². The first-order chi connectivity index (χ1) is 15.0. The van der Waals surface area contributed by atoms with Gasteiger partial charge in [0.2, 0.25) is 0 Å². The normalized spacial score (nSPS) is 20.1. The monoisotopic (exact) mass is 423 g/mol. The van der Waals surface area contributed by atoms with E-state index in [-0.39, 0.29) is 23.8 Å². The molecule has 2 fully saturated rings. The quantitative estimate of drug-likeness (QED) is 0.694. The van der Waals surface area contributed by atoms with Gasteiger partial charge in [-0.2, -0.15) is 0 Å². The average molecular weight is 424 g/mol. The van der Waals surface area contributed by atoms with Gasteiger partial charge in [-0.15, -0.1) is 0 Å². The maximum atomic E-state index is 13.0. The lowest BCUT2D eigenvalue weighted by Crippen LogP contribution is -2.46. The van der Waals surface area contributed by atoms with Crippen LogP contribution in [0.5, 0.6) is 0 Å². The zero-order chi connectivity index (χ0) is 21.8. The van der Waals surface area contributed by atoms with Crippen LogP contribution >= 0.6 is 0 Å². The molecule has 3 heterocycles. The number of hydrogen-bond acceptors (Lipinski definition) is 4. The van der Waals surface area contributed by atoms with E-state index in [9.17, 15) is 9.59 Å². The predicted octanol–water partition coefficient (Wildman–Crippen LogP) is 3.36. The summed E-state index contributed by atoms with van der Waals surface area (Å²) in [4.78, 5) is 27.6. The lowest BCUT2D eigenvalue weighted by Gasteiger charge is -2.31. The van der Waals surface area contributed by atoms with Crippen molar-refractivity contribution >= 4 is 11.7 Å². The molecule has 0 spiro atoms. The summed E-state index contributed by atoms with van der Waals surface area (Å²) in [5.74, 6) is 0.160. The standard InChI is InChI=1S/C25H33N3O3/c1-18-15-23(19(2)28(18)16-22-9-6-14-31-22)24(29)17-27-12-10-21(11-13-27)26-25(30)20-7-4-3-5-8-20/h3-5,7-8,15,21-22H,6,9-14,16-17H2,1-2H3,(H,26,30). The van der Waals surface area contributed by atoms with Crippen LogP contribution in [0.2, 0.25) is 0 Å². The third-order valence-corrected chi connectivity index (χ3v) is 6.61. The van der Waals surface area contributed by atoms with Crippen LogP contribution in [-0.4, -0.2) is 59.5 Å². The number of piperidine rings is 1. The van der Waals surface area contributed by atoms with Crippen molar-refractivity contribution in [2.45, 2.75) is 58.2 Å². The largest absolute Gasteiger partial charge is 0.376 e. The van der Waals surface area contributed by atoms with Crippen molar-refractivity contribution in [3.05, 3.63) is 58.9 Å². The zero-order valence-electron chi connectivity index (χ0n) is 18.6. The second-order valence-corrected chi connectivity index (χ2v) is 8.84. The van der Waals surface area contributed by atoms with Crippen LogP contribution in [0, 0.1) is 13.8 Å². The molecule has 2 aromatic rings. The minimum Gasteiger partial charge on any atom is -0.376 e. The number of nitrogens with zero attached hydrogens (tertiary/aromatic N) is 2. The van der Waals surface area contributed by atoms with Crippen LogP contribution < -0.4 is 5.32 Å². The van der Waals surface area contributed by atoms with E-state index in [1.807, 2.05) is 43.3 Å². The number of aromatic nitrogens is 1. The summed E-state index contributed by atoms with van der Waals surface area (Å²) in [5.41, 5.74) is 3.69. The number of benzene rings is 1. The van der Waals surface area contributed by atoms with E-state index >= 15 is 0 Å². The summed E-state index contributed by atoms with van der Waals surface area (Å²) in [5, 5.41) is 3.13. The van der Waals surface area contributed by atoms with E-state index < -0.39 is 0 Å². The van der Waals surface area contributed by atoms with Crippen molar-refractivity contribution in [2.24, 2.45) is 0 Å². The zero-order valence-corrected chi connectivity index (χ0v) is 18.6. The molecule has 2 aliphatic heterocycles. The maximum absolute atomic E-state index is 13.0. The summed E-state index contributed by atoms with van der Waals surface area (Å²) >= 11 is 0. The van der Waals surface area contributed by atoms with E-state index in [1.54, 1.807) is 0 Å². The summed E-state index contributed by atoms with van der Waals surface area (Å²) in [6.45, 7) is 7.86. The first kappa shape index (κ1) is 21.8. The minimum atomic E-state index is -0.0196. The Balaban J connectivity index is 1.28. The fraction of sp³-hybridized carbons (Fsp3) is 0.520. The van der Waals surface area contributed by atoms with Crippen molar-refractivity contribution in [3.63, 3.8) is 0 Å². The Morgan fingerprint density at radius 3 is 2.52 bits per heavy atom. The van der Waals surface area contributed by atoms with Crippen LogP contribution in [0.15, 0.2) is 36.4 Å². The Labute approximate surface area is 184 Å². The Kier molecular flexibility index (Phi) is 6.88. The van der Waals surface area contributed by atoms with Crippen molar-refractivity contribution in [1.82, 2.24) is 14.8 Å².